The Kier molecular flexibility index (Phi) is 5.38. The molecular formula is C22H34O4. The maximum Gasteiger partial charge on any atom is 0.303 e. The Hall–Kier alpha value is -1.13. The van der Waals surface area contributed by atoms with Gasteiger partial charge in [-0.15, -0.1) is 0 Å². The van der Waals surface area contributed by atoms with E-state index in [0.29, 0.717) is 5.92 Å². The maximum absolute atomic E-state index is 11.7. The van der Waals surface area contributed by atoms with Crippen molar-refractivity contribution in [2.24, 2.45) is 23.2 Å². The topological polar surface area (TPSA) is 66.8 Å². The summed E-state index contributed by atoms with van der Waals surface area (Å²) < 4.78 is 5.66. The van der Waals surface area contributed by atoms with Gasteiger partial charge >= 0.3 is 5.97 Å². The molecule has 0 amide bonds. The van der Waals surface area contributed by atoms with Crippen LogP contribution in [-0.4, -0.2) is 34.5 Å². The Bertz CT molecular complexity index is 622. The number of carbonyl (C=O) groups is 1. The summed E-state index contributed by atoms with van der Waals surface area (Å²) in [5.74, 6) is 0.563. The number of hydrogen-bond donors (Lipinski definition) is 2. The van der Waals surface area contributed by atoms with E-state index < -0.39 is 12.2 Å². The van der Waals surface area contributed by atoms with Crippen LogP contribution in [0.1, 0.15) is 66.2 Å². The summed E-state index contributed by atoms with van der Waals surface area (Å²) in [5, 5.41) is 21.8. The zero-order valence-corrected chi connectivity index (χ0v) is 16.6. The first kappa shape index (κ1) is 19.6. The van der Waals surface area contributed by atoms with Gasteiger partial charge in [-0.1, -0.05) is 26.0 Å². The maximum atomic E-state index is 11.7. The monoisotopic (exact) mass is 362 g/mol. The third kappa shape index (κ3) is 3.16. The van der Waals surface area contributed by atoms with Gasteiger partial charge in [0.05, 0.1) is 6.10 Å². The van der Waals surface area contributed by atoms with E-state index in [9.17, 15) is 15.0 Å². The molecule has 3 aliphatic rings. The molecule has 4 heteroatoms. The van der Waals surface area contributed by atoms with Gasteiger partial charge in [0.1, 0.15) is 12.2 Å². The van der Waals surface area contributed by atoms with Gasteiger partial charge in [-0.25, -0.2) is 0 Å². The van der Waals surface area contributed by atoms with Crippen molar-refractivity contribution in [2.75, 3.05) is 0 Å². The molecule has 0 radical (unpaired) electrons. The van der Waals surface area contributed by atoms with Crippen molar-refractivity contribution >= 4 is 5.97 Å². The summed E-state index contributed by atoms with van der Waals surface area (Å²) in [6, 6.07) is 0. The molecule has 0 aromatic rings. The van der Waals surface area contributed by atoms with Crippen LogP contribution in [0.2, 0.25) is 0 Å². The van der Waals surface area contributed by atoms with Gasteiger partial charge in [0.2, 0.25) is 0 Å². The van der Waals surface area contributed by atoms with E-state index >= 15 is 0 Å². The second-order valence-corrected chi connectivity index (χ2v) is 9.12. The van der Waals surface area contributed by atoms with Crippen LogP contribution < -0.4 is 0 Å². The standard InChI is InChI=1S/C22H34O4/c1-12-6-8-17-14(3)19-16(10-11-22(19,5)21(25)20(17)24)13(2)18(9-7-12)26-15(4)23/h12,16,18-21,24-25H,2,6-11H2,1,3-5H3/t12-,16-,18+,19-,20+,21-,22+/m0/s1. The zero-order valence-electron chi connectivity index (χ0n) is 16.6. The molecule has 0 aromatic carbocycles. The summed E-state index contributed by atoms with van der Waals surface area (Å²) in [6.07, 6.45) is 3.59. The Balaban J connectivity index is 2.05. The molecule has 0 aliphatic heterocycles. The predicted octanol–water partition coefficient (Wildman–Crippen LogP) is 3.77. The van der Waals surface area contributed by atoms with Gasteiger partial charge in [-0.05, 0) is 74.3 Å². The van der Waals surface area contributed by atoms with Gasteiger partial charge in [-0.3, -0.25) is 4.79 Å². The molecule has 2 N–H and O–H groups in total. The zero-order chi connectivity index (χ0) is 19.2. The van der Waals surface area contributed by atoms with Gasteiger partial charge in [0.25, 0.3) is 0 Å². The summed E-state index contributed by atoms with van der Waals surface area (Å²) in [5.41, 5.74) is 2.90. The molecule has 0 heterocycles. The highest BCUT2D eigenvalue weighted by Gasteiger charge is 2.56. The third-order valence-electron chi connectivity index (χ3n) is 7.44. The Morgan fingerprint density at radius 1 is 1.23 bits per heavy atom. The van der Waals surface area contributed by atoms with Crippen molar-refractivity contribution in [1.29, 1.82) is 0 Å². The second kappa shape index (κ2) is 7.12. The molecule has 7 atom stereocenters. The fourth-order valence-corrected chi connectivity index (χ4v) is 5.85. The molecule has 1 fully saturated rings. The van der Waals surface area contributed by atoms with Crippen molar-refractivity contribution in [3.05, 3.63) is 23.3 Å². The fraction of sp³-hybridized carbons (Fsp3) is 0.773. The summed E-state index contributed by atoms with van der Waals surface area (Å²) in [7, 11) is 0. The number of hydrogen-bond acceptors (Lipinski definition) is 4. The van der Waals surface area contributed by atoms with E-state index in [4.69, 9.17) is 4.74 Å². The van der Waals surface area contributed by atoms with E-state index in [2.05, 4.69) is 27.4 Å². The van der Waals surface area contributed by atoms with E-state index in [-0.39, 0.29) is 29.3 Å². The third-order valence-corrected chi connectivity index (χ3v) is 7.44. The van der Waals surface area contributed by atoms with Crippen molar-refractivity contribution in [2.45, 2.75) is 84.5 Å². The molecule has 1 saturated carbocycles. The molecule has 146 valence electrons. The minimum absolute atomic E-state index is 0.162. The number of ether oxygens (including phenoxy) is 1. The summed E-state index contributed by atoms with van der Waals surface area (Å²) >= 11 is 0. The smallest absolute Gasteiger partial charge is 0.303 e. The highest BCUT2D eigenvalue weighted by atomic mass is 16.5. The van der Waals surface area contributed by atoms with Crippen molar-refractivity contribution in [3.8, 4) is 0 Å². The quantitative estimate of drug-likeness (QED) is 0.550. The van der Waals surface area contributed by atoms with Gasteiger partial charge in [0.15, 0.2) is 0 Å². The van der Waals surface area contributed by atoms with Gasteiger partial charge in [-0.2, -0.15) is 0 Å². The van der Waals surface area contributed by atoms with Crippen LogP contribution in [-0.2, 0) is 9.53 Å². The van der Waals surface area contributed by atoms with Gasteiger partial charge < -0.3 is 14.9 Å². The van der Waals surface area contributed by atoms with Crippen LogP contribution in [0.3, 0.4) is 0 Å². The Morgan fingerprint density at radius 2 is 1.92 bits per heavy atom. The molecule has 26 heavy (non-hydrogen) atoms. The molecule has 0 unspecified atom stereocenters. The molecule has 0 saturated heterocycles. The average Bonchev–Trinajstić information content (AvgIpc) is 2.93. The second-order valence-electron chi connectivity index (χ2n) is 9.12. The van der Waals surface area contributed by atoms with E-state index in [0.717, 1.165) is 49.7 Å². The first-order chi connectivity index (χ1) is 12.2. The van der Waals surface area contributed by atoms with Crippen LogP contribution in [0.4, 0.5) is 0 Å². The van der Waals surface area contributed by atoms with Crippen LogP contribution in [0.15, 0.2) is 23.3 Å². The molecule has 2 bridgehead atoms. The summed E-state index contributed by atoms with van der Waals surface area (Å²) in [4.78, 5) is 11.7. The molecule has 0 aromatic heterocycles. The lowest BCUT2D eigenvalue weighted by Gasteiger charge is -2.47. The fourth-order valence-electron chi connectivity index (χ4n) is 5.85. The predicted molar refractivity (Wildman–Crippen MR) is 101 cm³/mol. The number of carbonyl (C=O) groups excluding carboxylic acids is 1. The van der Waals surface area contributed by atoms with E-state index in [1.807, 2.05) is 0 Å². The number of aliphatic hydroxyl groups excluding tert-OH is 2. The normalized spacial score (nSPS) is 43.8. The molecular weight excluding hydrogens is 328 g/mol. The lowest BCUT2D eigenvalue weighted by atomic mass is 9.61. The number of esters is 1. The van der Waals surface area contributed by atoms with Crippen molar-refractivity contribution in [3.63, 3.8) is 0 Å². The molecule has 3 rings (SSSR count). The minimum atomic E-state index is -0.763. The highest BCUT2D eigenvalue weighted by Crippen LogP contribution is 2.59. The molecule has 3 aliphatic carbocycles. The SMILES string of the molecule is C=C1[C@H](OC(C)=O)CC[C@@H](C)CCC2=C(C)[C@H]3[C@H]1CC[C@@]3(C)[C@@H](O)[C@@H]2O. The van der Waals surface area contributed by atoms with Crippen LogP contribution in [0, 0.1) is 23.2 Å². The van der Waals surface area contributed by atoms with Crippen LogP contribution in [0.5, 0.6) is 0 Å². The minimum Gasteiger partial charge on any atom is -0.458 e. The number of aliphatic hydroxyl groups is 2. The van der Waals surface area contributed by atoms with Gasteiger partial charge in [0, 0.05) is 12.3 Å². The van der Waals surface area contributed by atoms with Crippen molar-refractivity contribution in [1.82, 2.24) is 0 Å². The highest BCUT2D eigenvalue weighted by molar-refractivity contribution is 5.66. The largest absolute Gasteiger partial charge is 0.458 e. The van der Waals surface area contributed by atoms with E-state index in [1.54, 1.807) is 0 Å². The Labute approximate surface area is 157 Å². The van der Waals surface area contributed by atoms with E-state index in [1.165, 1.54) is 12.5 Å². The van der Waals surface area contributed by atoms with Crippen LogP contribution >= 0.6 is 0 Å². The lowest BCUT2D eigenvalue weighted by molar-refractivity contribution is -0.145. The number of allylic oxidation sites excluding steroid dienone is 1. The number of rotatable bonds is 1. The molecule has 4 nitrogen and oxygen atoms in total. The Morgan fingerprint density at radius 3 is 2.58 bits per heavy atom. The van der Waals surface area contributed by atoms with Crippen LogP contribution in [0.25, 0.3) is 0 Å². The molecule has 0 spiro atoms. The first-order valence-electron chi connectivity index (χ1n) is 10.1. The average molecular weight is 363 g/mol. The first-order valence-corrected chi connectivity index (χ1v) is 10.1. The van der Waals surface area contributed by atoms with Crippen molar-refractivity contribution < 1.29 is 19.7 Å². The lowest BCUT2D eigenvalue weighted by Crippen LogP contribution is -2.50. The summed E-state index contributed by atoms with van der Waals surface area (Å²) in [6.45, 7) is 12.3.